The minimum atomic E-state index is -0.457. The maximum absolute atomic E-state index is 13.2. The van der Waals surface area contributed by atoms with Gasteiger partial charge in [0, 0.05) is 10.4 Å². The average molecular weight is 465 g/mol. The average Bonchev–Trinajstić information content (AvgIpc) is 3.27. The van der Waals surface area contributed by atoms with E-state index in [1.54, 1.807) is 25.1 Å². The van der Waals surface area contributed by atoms with Crippen molar-refractivity contribution in [2.24, 2.45) is 0 Å². The number of benzene rings is 1. The van der Waals surface area contributed by atoms with Crippen molar-refractivity contribution in [3.8, 4) is 11.3 Å². The lowest BCUT2D eigenvalue weighted by atomic mass is 9.95. The van der Waals surface area contributed by atoms with Crippen molar-refractivity contribution < 1.29 is 18.8 Å². The van der Waals surface area contributed by atoms with E-state index < -0.39 is 11.9 Å². The fourth-order valence-electron chi connectivity index (χ4n) is 3.67. The Hall–Kier alpha value is -2.35. The normalized spacial score (nSPS) is 13.1. The Morgan fingerprint density at radius 2 is 1.87 bits per heavy atom. The fourth-order valence-corrected chi connectivity index (χ4v) is 5.52. The molecule has 0 unspecified atom stereocenters. The van der Waals surface area contributed by atoms with E-state index in [4.69, 9.17) is 32.5 Å². The van der Waals surface area contributed by atoms with Gasteiger partial charge in [-0.1, -0.05) is 34.4 Å². The molecular weight excluding hydrogens is 447 g/mol. The Balaban J connectivity index is 1.76. The number of esters is 1. The van der Waals surface area contributed by atoms with Crippen LogP contribution in [0.3, 0.4) is 0 Å². The SMILES string of the molecule is COC(=O)c1c(NC(=O)c2c(-c3c(Cl)cccc3Cl)noc2C)sc2c1CCCC2. The number of nitrogens with one attached hydrogen (secondary N) is 1. The molecule has 9 heteroatoms. The molecule has 1 N–H and O–H groups in total. The third kappa shape index (κ3) is 3.62. The highest BCUT2D eigenvalue weighted by atomic mass is 35.5. The van der Waals surface area contributed by atoms with E-state index >= 15 is 0 Å². The number of carbonyl (C=O) groups is 2. The Labute approximate surface area is 187 Å². The van der Waals surface area contributed by atoms with E-state index in [1.165, 1.54) is 18.4 Å². The molecule has 0 saturated heterocycles. The number of hydrogen-bond acceptors (Lipinski definition) is 6. The second kappa shape index (κ2) is 8.41. The third-order valence-electron chi connectivity index (χ3n) is 5.08. The van der Waals surface area contributed by atoms with E-state index in [2.05, 4.69) is 10.5 Å². The highest BCUT2D eigenvalue weighted by Crippen LogP contribution is 2.40. The highest BCUT2D eigenvalue weighted by molar-refractivity contribution is 7.17. The quantitative estimate of drug-likeness (QED) is 0.483. The lowest BCUT2D eigenvalue weighted by molar-refractivity contribution is 0.0601. The number of anilines is 1. The molecule has 0 radical (unpaired) electrons. The third-order valence-corrected chi connectivity index (χ3v) is 6.91. The van der Waals surface area contributed by atoms with Gasteiger partial charge in [-0.3, -0.25) is 4.79 Å². The smallest absolute Gasteiger partial charge is 0.341 e. The summed E-state index contributed by atoms with van der Waals surface area (Å²) in [5, 5.41) is 8.06. The summed E-state index contributed by atoms with van der Waals surface area (Å²) < 4.78 is 10.3. The summed E-state index contributed by atoms with van der Waals surface area (Å²) >= 11 is 14.0. The number of methoxy groups -OCH3 is 1. The van der Waals surface area contributed by atoms with Gasteiger partial charge in [-0.25, -0.2) is 4.79 Å². The molecule has 0 atom stereocenters. The molecule has 3 aromatic rings. The molecule has 4 rings (SSSR count). The summed E-state index contributed by atoms with van der Waals surface area (Å²) in [4.78, 5) is 26.8. The first-order valence-corrected chi connectivity index (χ1v) is 10.9. The van der Waals surface area contributed by atoms with Crippen LogP contribution in [0.25, 0.3) is 11.3 Å². The molecule has 0 bridgehead atoms. The summed E-state index contributed by atoms with van der Waals surface area (Å²) in [6, 6.07) is 5.04. The zero-order valence-electron chi connectivity index (χ0n) is 16.3. The van der Waals surface area contributed by atoms with Gasteiger partial charge < -0.3 is 14.6 Å². The van der Waals surface area contributed by atoms with Gasteiger partial charge in [-0.15, -0.1) is 11.3 Å². The maximum atomic E-state index is 13.2. The number of rotatable bonds is 4. The number of amides is 1. The van der Waals surface area contributed by atoms with Crippen LogP contribution in [0.4, 0.5) is 5.00 Å². The minimum Gasteiger partial charge on any atom is -0.465 e. The second-order valence-corrected chi connectivity index (χ2v) is 8.84. The largest absolute Gasteiger partial charge is 0.465 e. The Morgan fingerprint density at radius 3 is 2.57 bits per heavy atom. The molecule has 0 aliphatic heterocycles. The molecule has 156 valence electrons. The summed E-state index contributed by atoms with van der Waals surface area (Å²) in [6.07, 6.45) is 3.73. The molecule has 6 nitrogen and oxygen atoms in total. The van der Waals surface area contributed by atoms with Crippen LogP contribution in [0.2, 0.25) is 10.0 Å². The monoisotopic (exact) mass is 464 g/mol. The molecule has 1 aliphatic rings. The maximum Gasteiger partial charge on any atom is 0.341 e. The standard InChI is InChI=1S/C21H18Cl2N2O4S/c1-10-15(18(25-29-10)17-12(22)7-5-8-13(17)23)19(26)24-20-16(21(27)28-2)11-6-3-4-9-14(11)30-20/h5,7-8H,3-4,6,9H2,1-2H3,(H,24,26). The molecule has 0 spiro atoms. The minimum absolute atomic E-state index is 0.215. The highest BCUT2D eigenvalue weighted by Gasteiger charge is 2.30. The number of hydrogen-bond donors (Lipinski definition) is 1. The lowest BCUT2D eigenvalue weighted by Crippen LogP contribution is -2.16. The molecule has 2 heterocycles. The van der Waals surface area contributed by atoms with Crippen LogP contribution in [-0.2, 0) is 17.6 Å². The van der Waals surface area contributed by atoms with Crippen molar-refractivity contribution in [3.63, 3.8) is 0 Å². The molecule has 2 aromatic heterocycles. The van der Waals surface area contributed by atoms with Crippen LogP contribution in [0, 0.1) is 6.92 Å². The number of aromatic nitrogens is 1. The first kappa shape index (κ1) is 20.9. The predicted molar refractivity (Wildman–Crippen MR) is 117 cm³/mol. The molecule has 30 heavy (non-hydrogen) atoms. The van der Waals surface area contributed by atoms with Gasteiger partial charge in [0.1, 0.15) is 22.0 Å². The summed E-state index contributed by atoms with van der Waals surface area (Å²) in [5.74, 6) is -0.593. The number of thiophene rings is 1. The van der Waals surface area contributed by atoms with E-state index in [0.717, 1.165) is 36.1 Å². The van der Waals surface area contributed by atoms with Crippen LogP contribution < -0.4 is 5.32 Å². The Morgan fingerprint density at radius 1 is 1.17 bits per heavy atom. The van der Waals surface area contributed by atoms with Gasteiger partial charge in [0.25, 0.3) is 5.91 Å². The fraction of sp³-hybridized carbons (Fsp3) is 0.286. The molecule has 0 fully saturated rings. The summed E-state index contributed by atoms with van der Waals surface area (Å²) in [5.41, 5.74) is 2.28. The van der Waals surface area contributed by atoms with Crippen LogP contribution >= 0.6 is 34.5 Å². The first-order chi connectivity index (χ1) is 14.4. The van der Waals surface area contributed by atoms with Gasteiger partial charge in [-0.2, -0.15) is 0 Å². The van der Waals surface area contributed by atoms with Crippen molar-refractivity contribution >= 4 is 51.4 Å². The van der Waals surface area contributed by atoms with E-state index in [-0.39, 0.29) is 11.3 Å². The zero-order chi connectivity index (χ0) is 21.4. The molecule has 1 aromatic carbocycles. The number of carbonyl (C=O) groups excluding carboxylic acids is 2. The lowest BCUT2D eigenvalue weighted by Gasteiger charge is -2.12. The molecule has 0 saturated carbocycles. The molecule has 1 amide bonds. The Bertz CT molecular complexity index is 1130. The van der Waals surface area contributed by atoms with Crippen LogP contribution in [0.5, 0.6) is 0 Å². The van der Waals surface area contributed by atoms with Gasteiger partial charge in [-0.05, 0) is 50.3 Å². The topological polar surface area (TPSA) is 81.4 Å². The van der Waals surface area contributed by atoms with Crippen molar-refractivity contribution in [3.05, 3.63) is 55.6 Å². The first-order valence-electron chi connectivity index (χ1n) is 9.37. The number of halogens is 2. The van der Waals surface area contributed by atoms with Crippen LogP contribution in [-0.4, -0.2) is 24.1 Å². The Kier molecular flexibility index (Phi) is 5.86. The van der Waals surface area contributed by atoms with Crippen LogP contribution in [0.15, 0.2) is 22.7 Å². The number of ether oxygens (including phenoxy) is 1. The zero-order valence-corrected chi connectivity index (χ0v) is 18.6. The number of fused-ring (bicyclic) bond motifs is 1. The molecular formula is C21H18Cl2N2O4S. The molecule has 1 aliphatic carbocycles. The van der Waals surface area contributed by atoms with E-state index in [0.29, 0.717) is 31.9 Å². The number of nitrogens with zero attached hydrogens (tertiary/aromatic N) is 1. The summed E-state index contributed by atoms with van der Waals surface area (Å²) in [6.45, 7) is 1.64. The summed E-state index contributed by atoms with van der Waals surface area (Å²) in [7, 11) is 1.34. The predicted octanol–water partition coefficient (Wildman–Crippen LogP) is 5.94. The van der Waals surface area contributed by atoms with Gasteiger partial charge >= 0.3 is 5.97 Å². The van der Waals surface area contributed by atoms with Crippen molar-refractivity contribution in [1.82, 2.24) is 5.16 Å². The van der Waals surface area contributed by atoms with Gasteiger partial charge in [0.15, 0.2) is 0 Å². The van der Waals surface area contributed by atoms with Crippen LogP contribution in [0.1, 0.15) is 49.8 Å². The van der Waals surface area contributed by atoms with Gasteiger partial charge in [0.2, 0.25) is 0 Å². The van der Waals surface area contributed by atoms with E-state index in [9.17, 15) is 9.59 Å². The van der Waals surface area contributed by atoms with E-state index in [1.807, 2.05) is 0 Å². The number of aryl methyl sites for hydroxylation is 2. The van der Waals surface area contributed by atoms with Crippen molar-refractivity contribution in [2.45, 2.75) is 32.6 Å². The van der Waals surface area contributed by atoms with Gasteiger partial charge in [0.05, 0.1) is 22.7 Å². The second-order valence-electron chi connectivity index (χ2n) is 6.92. The van der Waals surface area contributed by atoms with Crippen molar-refractivity contribution in [1.29, 1.82) is 0 Å². The van der Waals surface area contributed by atoms with Crippen molar-refractivity contribution in [2.75, 3.05) is 12.4 Å².